The molecule has 0 aliphatic rings. The number of nitrogens with zero attached hydrogens (tertiary/aromatic N) is 4. The lowest BCUT2D eigenvalue weighted by Crippen LogP contribution is -2.51. The lowest BCUT2D eigenvalue weighted by molar-refractivity contribution is -0.128. The van der Waals surface area contributed by atoms with Gasteiger partial charge in [-0.3, -0.25) is 14.5 Å². The lowest BCUT2D eigenvalue weighted by Gasteiger charge is -2.33. The molecule has 0 bridgehead atoms. The quantitative estimate of drug-likeness (QED) is 0.422. The topological polar surface area (TPSA) is 93.3 Å². The van der Waals surface area contributed by atoms with E-state index in [9.17, 15) is 14.0 Å². The predicted molar refractivity (Wildman–Crippen MR) is 125 cm³/mol. The van der Waals surface area contributed by atoms with Crippen molar-refractivity contribution in [1.29, 1.82) is 0 Å². The van der Waals surface area contributed by atoms with Crippen LogP contribution in [0.1, 0.15) is 39.0 Å². The zero-order valence-electron chi connectivity index (χ0n) is 19.2. The summed E-state index contributed by atoms with van der Waals surface area (Å²) in [7, 11) is 0. The highest BCUT2D eigenvalue weighted by atomic mass is 19.1. The number of hydrogen-bond acceptors (Lipinski definition) is 5. The van der Waals surface area contributed by atoms with Gasteiger partial charge >= 0.3 is 0 Å². The summed E-state index contributed by atoms with van der Waals surface area (Å²) in [5, 5.41) is 11.2. The van der Waals surface area contributed by atoms with Crippen LogP contribution in [0.4, 0.5) is 10.1 Å². The van der Waals surface area contributed by atoms with Crippen molar-refractivity contribution < 1.29 is 18.4 Å². The van der Waals surface area contributed by atoms with Crippen LogP contribution in [-0.2, 0) is 16.1 Å². The van der Waals surface area contributed by atoms with Gasteiger partial charge in [0.05, 0.1) is 11.8 Å². The number of rotatable bonds is 8. The highest BCUT2D eigenvalue weighted by molar-refractivity contribution is 6.01. The van der Waals surface area contributed by atoms with Crippen LogP contribution >= 0.6 is 0 Å². The van der Waals surface area contributed by atoms with Crippen LogP contribution in [0, 0.1) is 5.82 Å². The van der Waals surface area contributed by atoms with Gasteiger partial charge in [0.15, 0.2) is 6.04 Å². The Morgan fingerprint density at radius 2 is 1.85 bits per heavy atom. The standard InChI is InChI=1S/C25H26FN5O3/c1-4-25(2,3)27-24(33)23(21-10-7-15-34-21)31(18-13-11-17(26)12-14-18)22(32)16-30-20-9-6-5-8-19(20)28-29-30/h5-15,23H,4,16H2,1-3H3,(H,27,33)/t23-/m1/s1. The third-order valence-electron chi connectivity index (χ3n) is 5.74. The second-order valence-electron chi connectivity index (χ2n) is 8.62. The Bertz CT molecular complexity index is 1280. The first-order chi connectivity index (χ1) is 16.3. The Morgan fingerprint density at radius 3 is 2.53 bits per heavy atom. The summed E-state index contributed by atoms with van der Waals surface area (Å²) < 4.78 is 20.8. The monoisotopic (exact) mass is 463 g/mol. The van der Waals surface area contributed by atoms with E-state index >= 15 is 0 Å². The number of carbonyl (C=O) groups excluding carboxylic acids is 2. The Labute approximate surface area is 196 Å². The molecule has 2 aromatic carbocycles. The van der Waals surface area contributed by atoms with Crippen molar-refractivity contribution in [3.05, 3.63) is 78.5 Å². The van der Waals surface area contributed by atoms with Crippen molar-refractivity contribution in [2.45, 2.75) is 45.3 Å². The fourth-order valence-electron chi connectivity index (χ4n) is 3.59. The van der Waals surface area contributed by atoms with Gasteiger partial charge in [0.1, 0.15) is 23.6 Å². The SMILES string of the molecule is CCC(C)(C)NC(=O)[C@@H](c1ccco1)N(C(=O)Cn1nnc2ccccc21)c1ccc(F)cc1. The van der Waals surface area contributed by atoms with Gasteiger partial charge in [-0.25, -0.2) is 9.07 Å². The lowest BCUT2D eigenvalue weighted by atomic mass is 10.0. The molecule has 34 heavy (non-hydrogen) atoms. The van der Waals surface area contributed by atoms with E-state index in [1.165, 1.54) is 40.1 Å². The second kappa shape index (κ2) is 9.46. The maximum atomic E-state index is 13.7. The van der Waals surface area contributed by atoms with Crippen molar-refractivity contribution in [2.75, 3.05) is 4.90 Å². The fraction of sp³-hybridized carbons (Fsp3) is 0.280. The molecular formula is C25H26FN5O3. The third-order valence-corrected chi connectivity index (χ3v) is 5.74. The molecule has 0 aliphatic carbocycles. The number of halogens is 1. The van der Waals surface area contributed by atoms with Crippen LogP contribution in [0.15, 0.2) is 71.3 Å². The largest absolute Gasteiger partial charge is 0.467 e. The number of hydrogen-bond donors (Lipinski definition) is 1. The van der Waals surface area contributed by atoms with Crippen LogP contribution in [-0.4, -0.2) is 32.3 Å². The van der Waals surface area contributed by atoms with Crippen molar-refractivity contribution in [1.82, 2.24) is 20.3 Å². The summed E-state index contributed by atoms with van der Waals surface area (Å²) >= 11 is 0. The molecule has 2 amide bonds. The highest BCUT2D eigenvalue weighted by Crippen LogP contribution is 2.30. The maximum Gasteiger partial charge on any atom is 0.251 e. The van der Waals surface area contributed by atoms with E-state index in [-0.39, 0.29) is 12.3 Å². The van der Waals surface area contributed by atoms with Crippen molar-refractivity contribution in [2.24, 2.45) is 0 Å². The molecule has 1 N–H and O–H groups in total. The van der Waals surface area contributed by atoms with E-state index in [4.69, 9.17) is 4.42 Å². The molecule has 0 unspecified atom stereocenters. The number of amides is 2. The molecule has 176 valence electrons. The summed E-state index contributed by atoms with van der Waals surface area (Å²) in [6.45, 7) is 5.58. The van der Waals surface area contributed by atoms with Gasteiger partial charge < -0.3 is 9.73 Å². The first-order valence-electron chi connectivity index (χ1n) is 11.0. The summed E-state index contributed by atoms with van der Waals surface area (Å²) in [6, 6.07) is 14.9. The number of aromatic nitrogens is 3. The number of carbonyl (C=O) groups is 2. The minimum Gasteiger partial charge on any atom is -0.467 e. The van der Waals surface area contributed by atoms with Gasteiger partial charge in [-0.15, -0.1) is 5.10 Å². The molecule has 0 radical (unpaired) electrons. The number of nitrogens with one attached hydrogen (secondary N) is 1. The van der Waals surface area contributed by atoms with Crippen molar-refractivity contribution >= 4 is 28.5 Å². The van der Waals surface area contributed by atoms with Crippen molar-refractivity contribution in [3.63, 3.8) is 0 Å². The van der Waals surface area contributed by atoms with E-state index in [1.807, 2.05) is 39.0 Å². The molecule has 2 aromatic heterocycles. The minimum absolute atomic E-state index is 0.181. The maximum absolute atomic E-state index is 13.7. The van der Waals surface area contributed by atoms with Gasteiger partial charge in [-0.05, 0) is 68.8 Å². The first-order valence-corrected chi connectivity index (χ1v) is 11.0. The normalized spacial score (nSPS) is 12.5. The van der Waals surface area contributed by atoms with Gasteiger partial charge in [-0.1, -0.05) is 24.3 Å². The molecule has 0 fully saturated rings. The summed E-state index contributed by atoms with van der Waals surface area (Å²) in [4.78, 5) is 28.6. The zero-order valence-corrected chi connectivity index (χ0v) is 19.2. The molecule has 0 aliphatic heterocycles. The van der Waals surface area contributed by atoms with E-state index < -0.39 is 29.2 Å². The van der Waals surface area contributed by atoms with E-state index in [0.29, 0.717) is 23.1 Å². The number of furan rings is 1. The molecule has 0 spiro atoms. The molecule has 4 rings (SSSR count). The second-order valence-corrected chi connectivity index (χ2v) is 8.62. The Kier molecular flexibility index (Phi) is 6.45. The molecular weight excluding hydrogens is 437 g/mol. The molecule has 0 saturated heterocycles. The van der Waals surface area contributed by atoms with Gasteiger partial charge in [-0.2, -0.15) is 0 Å². The van der Waals surface area contributed by atoms with Gasteiger partial charge in [0.2, 0.25) is 5.91 Å². The van der Waals surface area contributed by atoms with Crippen LogP contribution < -0.4 is 10.2 Å². The van der Waals surface area contributed by atoms with Gasteiger partial charge in [0, 0.05) is 11.2 Å². The highest BCUT2D eigenvalue weighted by Gasteiger charge is 2.37. The Morgan fingerprint density at radius 1 is 1.12 bits per heavy atom. The molecule has 9 heteroatoms. The van der Waals surface area contributed by atoms with Crippen LogP contribution in [0.5, 0.6) is 0 Å². The van der Waals surface area contributed by atoms with E-state index in [2.05, 4.69) is 15.6 Å². The number of anilines is 1. The van der Waals surface area contributed by atoms with Crippen LogP contribution in [0.25, 0.3) is 11.0 Å². The van der Waals surface area contributed by atoms with Crippen molar-refractivity contribution in [3.8, 4) is 0 Å². The van der Waals surface area contributed by atoms with E-state index in [0.717, 1.165) is 0 Å². The Balaban J connectivity index is 1.77. The molecule has 2 heterocycles. The molecule has 8 nitrogen and oxygen atoms in total. The van der Waals surface area contributed by atoms with Crippen LogP contribution in [0.3, 0.4) is 0 Å². The molecule has 4 aromatic rings. The smallest absolute Gasteiger partial charge is 0.251 e. The summed E-state index contributed by atoms with van der Waals surface area (Å²) in [5.41, 5.74) is 1.16. The number of fused-ring (bicyclic) bond motifs is 1. The summed E-state index contributed by atoms with van der Waals surface area (Å²) in [5.74, 6) is -1.02. The van der Waals surface area contributed by atoms with E-state index in [1.54, 1.807) is 18.2 Å². The molecule has 0 saturated carbocycles. The number of benzene rings is 2. The zero-order chi connectivity index (χ0) is 24.3. The third kappa shape index (κ3) is 4.83. The number of para-hydroxylation sites is 1. The fourth-order valence-corrected chi connectivity index (χ4v) is 3.59. The van der Waals surface area contributed by atoms with Crippen LogP contribution in [0.2, 0.25) is 0 Å². The predicted octanol–water partition coefficient (Wildman–Crippen LogP) is 4.24. The Hall–Kier alpha value is -4.01. The average Bonchev–Trinajstić information content (AvgIpc) is 3.48. The molecule has 1 atom stereocenters. The first kappa shape index (κ1) is 23.2. The van der Waals surface area contributed by atoms with Gasteiger partial charge in [0.25, 0.3) is 5.91 Å². The minimum atomic E-state index is -1.12. The average molecular weight is 464 g/mol. The summed E-state index contributed by atoms with van der Waals surface area (Å²) in [6.07, 6.45) is 2.12.